The molecule has 140 valence electrons. The number of amides is 1. The number of nitrogens with zero attached hydrogens (tertiary/aromatic N) is 1. The summed E-state index contributed by atoms with van der Waals surface area (Å²) in [4.78, 5) is 26.9. The first-order valence-corrected chi connectivity index (χ1v) is 9.61. The summed E-state index contributed by atoms with van der Waals surface area (Å²) in [6.07, 6.45) is 0. The van der Waals surface area contributed by atoms with Gasteiger partial charge < -0.3 is 14.7 Å². The number of carbonyl (C=O) groups is 2. The van der Waals surface area contributed by atoms with Crippen LogP contribution in [0.3, 0.4) is 0 Å². The number of hydrogen-bond acceptors (Lipinski definition) is 4. The topological polar surface area (TPSA) is 66.8 Å². The Morgan fingerprint density at radius 2 is 1.74 bits per heavy atom. The van der Waals surface area contributed by atoms with Crippen LogP contribution in [0.25, 0.3) is 5.76 Å². The summed E-state index contributed by atoms with van der Waals surface area (Å²) in [7, 11) is 1.54. The fraction of sp³-hybridized carbons (Fsp3) is 0.238. The van der Waals surface area contributed by atoms with Crippen molar-refractivity contribution in [1.29, 1.82) is 0 Å². The van der Waals surface area contributed by atoms with Crippen LogP contribution in [0, 0.1) is 10.5 Å². The van der Waals surface area contributed by atoms with Crippen molar-refractivity contribution in [1.82, 2.24) is 4.90 Å². The van der Waals surface area contributed by atoms with Gasteiger partial charge in [0.15, 0.2) is 0 Å². The Hall–Kier alpha value is -2.19. The van der Waals surface area contributed by atoms with E-state index in [0.29, 0.717) is 12.2 Å². The van der Waals surface area contributed by atoms with Gasteiger partial charge in [-0.1, -0.05) is 42.0 Å². The predicted molar refractivity (Wildman–Crippen MR) is 111 cm³/mol. The van der Waals surface area contributed by atoms with E-state index in [0.717, 1.165) is 14.7 Å². The zero-order valence-electron chi connectivity index (χ0n) is 15.1. The van der Waals surface area contributed by atoms with Crippen molar-refractivity contribution in [2.24, 2.45) is 0 Å². The Kier molecular flexibility index (Phi) is 5.96. The van der Waals surface area contributed by atoms with Gasteiger partial charge in [-0.3, -0.25) is 9.59 Å². The smallest absolute Gasteiger partial charge is 0.295 e. The van der Waals surface area contributed by atoms with Crippen molar-refractivity contribution >= 4 is 40.0 Å². The average Bonchev–Trinajstić information content (AvgIpc) is 2.91. The van der Waals surface area contributed by atoms with Gasteiger partial charge in [0.05, 0.1) is 18.2 Å². The molecule has 0 aliphatic carbocycles. The van der Waals surface area contributed by atoms with E-state index in [2.05, 4.69) is 22.6 Å². The number of ether oxygens (including phenoxy) is 1. The fourth-order valence-electron chi connectivity index (χ4n) is 3.16. The number of aryl methyl sites for hydroxylation is 1. The zero-order valence-corrected chi connectivity index (χ0v) is 17.3. The van der Waals surface area contributed by atoms with Crippen molar-refractivity contribution in [3.8, 4) is 0 Å². The molecule has 3 rings (SSSR count). The highest BCUT2D eigenvalue weighted by Crippen LogP contribution is 2.39. The van der Waals surface area contributed by atoms with Crippen molar-refractivity contribution in [3.63, 3.8) is 0 Å². The Bertz CT molecular complexity index is 887. The molecule has 0 aromatic heterocycles. The monoisotopic (exact) mass is 477 g/mol. The average molecular weight is 477 g/mol. The van der Waals surface area contributed by atoms with Gasteiger partial charge >= 0.3 is 0 Å². The van der Waals surface area contributed by atoms with Crippen molar-refractivity contribution in [2.45, 2.75) is 13.0 Å². The second-order valence-electron chi connectivity index (χ2n) is 6.40. The van der Waals surface area contributed by atoms with E-state index in [1.807, 2.05) is 43.3 Å². The SMILES string of the molecule is COCCN1C(=O)C(=O)C(=C(O)c2ccc(C)cc2)[C@H]1c1ccc(I)cc1. The maximum atomic E-state index is 12.8. The number of ketones is 1. The van der Waals surface area contributed by atoms with Crippen LogP contribution in [0.5, 0.6) is 0 Å². The molecule has 1 atom stereocenters. The lowest BCUT2D eigenvalue weighted by Gasteiger charge is -2.25. The minimum Gasteiger partial charge on any atom is -0.507 e. The van der Waals surface area contributed by atoms with Crippen LogP contribution in [0.4, 0.5) is 0 Å². The van der Waals surface area contributed by atoms with Crippen LogP contribution < -0.4 is 0 Å². The highest BCUT2D eigenvalue weighted by Gasteiger charge is 2.45. The highest BCUT2D eigenvalue weighted by atomic mass is 127. The number of methoxy groups -OCH3 is 1. The molecule has 1 fully saturated rings. The van der Waals surface area contributed by atoms with Gasteiger partial charge in [-0.05, 0) is 47.2 Å². The number of aliphatic hydroxyl groups is 1. The van der Waals surface area contributed by atoms with E-state index in [1.165, 1.54) is 4.90 Å². The van der Waals surface area contributed by atoms with E-state index >= 15 is 0 Å². The molecule has 0 unspecified atom stereocenters. The molecule has 1 heterocycles. The van der Waals surface area contributed by atoms with Gasteiger partial charge in [-0.25, -0.2) is 0 Å². The van der Waals surface area contributed by atoms with Gasteiger partial charge in [-0.15, -0.1) is 0 Å². The Morgan fingerprint density at radius 3 is 2.33 bits per heavy atom. The number of hydrogen-bond donors (Lipinski definition) is 1. The summed E-state index contributed by atoms with van der Waals surface area (Å²) in [6.45, 7) is 2.51. The number of benzene rings is 2. The maximum Gasteiger partial charge on any atom is 0.295 e. The van der Waals surface area contributed by atoms with Gasteiger partial charge in [0, 0.05) is 22.8 Å². The van der Waals surface area contributed by atoms with Crippen molar-refractivity contribution in [3.05, 3.63) is 74.4 Å². The third-order valence-corrected chi connectivity index (χ3v) is 5.31. The summed E-state index contributed by atoms with van der Waals surface area (Å²) in [6, 6.07) is 14.2. The minimum absolute atomic E-state index is 0.112. The van der Waals surface area contributed by atoms with E-state index < -0.39 is 17.7 Å². The molecule has 6 heteroatoms. The molecule has 2 aromatic rings. The molecule has 0 spiro atoms. The van der Waals surface area contributed by atoms with Gasteiger partial charge in [0.25, 0.3) is 11.7 Å². The quantitative estimate of drug-likeness (QED) is 0.309. The Balaban J connectivity index is 2.14. The molecule has 1 saturated heterocycles. The molecule has 0 saturated carbocycles. The second kappa shape index (κ2) is 8.22. The summed E-state index contributed by atoms with van der Waals surface area (Å²) >= 11 is 2.20. The van der Waals surface area contributed by atoms with Crippen LogP contribution in [0.2, 0.25) is 0 Å². The second-order valence-corrected chi connectivity index (χ2v) is 7.65. The largest absolute Gasteiger partial charge is 0.507 e. The Morgan fingerprint density at radius 1 is 1.11 bits per heavy atom. The molecule has 5 nitrogen and oxygen atoms in total. The summed E-state index contributed by atoms with van der Waals surface area (Å²) in [5.41, 5.74) is 2.45. The summed E-state index contributed by atoms with van der Waals surface area (Å²) in [5.74, 6) is -1.45. The molecule has 0 bridgehead atoms. The molecular formula is C21H20INO4. The lowest BCUT2D eigenvalue weighted by Crippen LogP contribution is -2.32. The molecular weight excluding hydrogens is 457 g/mol. The summed E-state index contributed by atoms with van der Waals surface area (Å²) < 4.78 is 6.14. The number of rotatable bonds is 5. The number of likely N-dealkylation sites (tertiary alicyclic amines) is 1. The third kappa shape index (κ3) is 3.91. The van der Waals surface area contributed by atoms with Gasteiger partial charge in [-0.2, -0.15) is 0 Å². The predicted octanol–water partition coefficient (Wildman–Crippen LogP) is 3.67. The maximum absolute atomic E-state index is 12.8. The zero-order chi connectivity index (χ0) is 19.6. The normalized spacial score (nSPS) is 18.9. The highest BCUT2D eigenvalue weighted by molar-refractivity contribution is 14.1. The molecule has 1 amide bonds. The molecule has 2 aromatic carbocycles. The van der Waals surface area contributed by atoms with Gasteiger partial charge in [0.2, 0.25) is 0 Å². The molecule has 1 aliphatic heterocycles. The van der Waals surface area contributed by atoms with E-state index in [4.69, 9.17) is 4.74 Å². The number of Topliss-reactive ketones (excluding diaryl/α,β-unsaturated/α-hetero) is 1. The number of aliphatic hydroxyl groups excluding tert-OH is 1. The summed E-state index contributed by atoms with van der Waals surface area (Å²) in [5, 5.41) is 10.9. The number of carbonyl (C=O) groups excluding carboxylic acids is 2. The molecule has 27 heavy (non-hydrogen) atoms. The molecule has 1 aliphatic rings. The Labute approximate surface area is 171 Å². The van der Waals surface area contributed by atoms with Crippen LogP contribution in [0.1, 0.15) is 22.7 Å². The first-order chi connectivity index (χ1) is 12.9. The molecule has 1 N–H and O–H groups in total. The lowest BCUT2D eigenvalue weighted by atomic mass is 9.95. The van der Waals surface area contributed by atoms with Crippen LogP contribution in [-0.4, -0.2) is 42.0 Å². The van der Waals surface area contributed by atoms with Crippen molar-refractivity contribution < 1.29 is 19.4 Å². The van der Waals surface area contributed by atoms with E-state index in [-0.39, 0.29) is 17.9 Å². The van der Waals surface area contributed by atoms with Crippen LogP contribution >= 0.6 is 22.6 Å². The van der Waals surface area contributed by atoms with Crippen molar-refractivity contribution in [2.75, 3.05) is 20.3 Å². The van der Waals surface area contributed by atoms with Crippen LogP contribution in [-0.2, 0) is 14.3 Å². The number of halogens is 1. The third-order valence-electron chi connectivity index (χ3n) is 4.59. The van der Waals surface area contributed by atoms with E-state index in [1.54, 1.807) is 19.2 Å². The standard InChI is InChI=1S/C21H20INO4/c1-13-3-5-15(6-4-13)19(24)17-18(14-7-9-16(22)10-8-14)23(11-12-27-2)21(26)20(17)25/h3-10,18,24H,11-12H2,1-2H3/t18-/m1/s1. The minimum atomic E-state index is -0.673. The fourth-order valence-corrected chi connectivity index (χ4v) is 3.52. The lowest BCUT2D eigenvalue weighted by molar-refractivity contribution is -0.140. The van der Waals surface area contributed by atoms with Gasteiger partial charge in [0.1, 0.15) is 5.76 Å². The van der Waals surface area contributed by atoms with E-state index in [9.17, 15) is 14.7 Å². The molecule has 0 radical (unpaired) electrons. The first kappa shape index (κ1) is 19.6. The first-order valence-electron chi connectivity index (χ1n) is 8.54. The van der Waals surface area contributed by atoms with Crippen LogP contribution in [0.15, 0.2) is 54.1 Å².